The van der Waals surface area contributed by atoms with Gasteiger partial charge in [-0.2, -0.15) is 21.0 Å². The number of nitriles is 4. The first kappa shape index (κ1) is 99.6. The Labute approximate surface area is 791 Å². The molecule has 5 aliphatic rings. The highest BCUT2D eigenvalue weighted by atomic mass is 35.5. The lowest BCUT2D eigenvalue weighted by Gasteiger charge is -2.34. The average molecular weight is 1880 g/mol. The third kappa shape index (κ3) is 29.0. The Morgan fingerprint density at radius 1 is 0.381 bits per heavy atom. The van der Waals surface area contributed by atoms with E-state index in [1.807, 2.05) is 95.0 Å². The second kappa shape index (κ2) is 48.8. The summed E-state index contributed by atoms with van der Waals surface area (Å²) in [6, 6.07) is 43.4. The number of nitrogens with two attached hydrogens (primary N) is 2. The summed E-state index contributed by atoms with van der Waals surface area (Å²) in [5, 5.41) is 54.7. The van der Waals surface area contributed by atoms with Crippen LogP contribution in [0.4, 0.5) is 56.9 Å². The van der Waals surface area contributed by atoms with Crippen molar-refractivity contribution < 1.29 is 52.4 Å². The topological polar surface area (TPSA) is 505 Å². The number of nitrogens with zero attached hydrogens (tertiary/aromatic N) is 19. The largest absolute Gasteiger partial charge is 0.497 e. The number of amides is 5. The van der Waals surface area contributed by atoms with E-state index in [-0.39, 0.29) is 97.7 Å². The maximum Gasteiger partial charge on any atom is 0.407 e. The third-order valence-electron chi connectivity index (χ3n) is 21.6. The molecule has 0 unspecified atom stereocenters. The van der Waals surface area contributed by atoms with Crippen molar-refractivity contribution in [2.45, 2.75) is 121 Å². The smallest absolute Gasteiger partial charge is 0.407 e. The number of primary amides is 1. The van der Waals surface area contributed by atoms with Crippen LogP contribution in [0.3, 0.4) is 0 Å². The van der Waals surface area contributed by atoms with Crippen molar-refractivity contribution in [2.24, 2.45) is 11.5 Å². The second-order valence-corrected chi connectivity index (χ2v) is 33.3. The first-order chi connectivity index (χ1) is 64.6. The number of hydrogen-bond donors (Lipinski definition) is 8. The number of aromatic nitrogens is 10. The lowest BCUT2D eigenvalue weighted by molar-refractivity contribution is 0.0499. The molecule has 10 aromatic rings. The molecule has 10 heterocycles. The molecule has 5 aliphatic heterocycles. The summed E-state index contributed by atoms with van der Waals surface area (Å²) in [6.45, 7) is 12.7. The molecule has 0 bridgehead atoms. The van der Waals surface area contributed by atoms with Crippen LogP contribution in [0.2, 0.25) is 15.5 Å². The predicted molar refractivity (Wildman–Crippen MR) is 506 cm³/mol. The van der Waals surface area contributed by atoms with Gasteiger partial charge in [0, 0.05) is 124 Å². The average Bonchev–Trinajstić information content (AvgIpc) is 0.676. The molecule has 41 heteroatoms. The number of carbonyl (C=O) groups excluding carboxylic acids is 5. The van der Waals surface area contributed by atoms with Crippen molar-refractivity contribution in [3.63, 3.8) is 0 Å². The molecule has 5 saturated heterocycles. The summed E-state index contributed by atoms with van der Waals surface area (Å²) >= 11 is 17.7. The van der Waals surface area contributed by atoms with Crippen molar-refractivity contribution in [3.05, 3.63) is 213 Å². The Kier molecular flexibility index (Phi) is 36.3. The minimum Gasteiger partial charge on any atom is -0.497 e. The molecule has 5 amide bonds. The van der Waals surface area contributed by atoms with Gasteiger partial charge in [-0.25, -0.2) is 54.6 Å². The van der Waals surface area contributed by atoms with Crippen LogP contribution in [0.25, 0.3) is 0 Å². The van der Waals surface area contributed by atoms with Crippen molar-refractivity contribution in [2.75, 3.05) is 136 Å². The van der Waals surface area contributed by atoms with Crippen molar-refractivity contribution in [3.8, 4) is 53.0 Å². The standard InChI is InChI=1S/C25H28N6O4.C25H26N6O3.C18H18ClN5O2.C15H20ClN5O2.C10H12ClN5/c1-34-19-9-5-16(6-10-19)25(33)29-18-4-3-13-31(15-18)21-14-27-22(23(26)32)24(30-21)28-17-7-11-20(35-2)12-8-17;1-33-20-9-5-17(6-10-20)25(32)29-19-4-3-13-31(16-19)23-15-27-22(14-26)24(30-23)28-18-7-11-21(34-2)12-8-18;1-26-14-6-4-12(5-7-14)18(25)22-13-3-2-8-24(11-13)16-10-21-15(9-20)17(19)23-16;1-15(2,3)23-14(22)19-10-5-4-6-21(9-10)12-8-18-11(7-17)13(16)20-12;11-10-8(4-12)14-5-9(15-10)16-3-1-2-7(13)6-16/h5-12,14,18H,3-4,13,15H2,1-2H3,(H2,26,32)(H,28,30)(H,29,33);5-12,15,19H,3-4,13,16H2,1-2H3,(H,28,30)(H,29,32);4-7,10,13H,2-3,8,11H2,1H3,(H,22,25);8,10H,4-6,9H2,1-3H3,(H,19,22);5,7H,1-3,6,13H2/t18-;19-;13-;10-;7-/m11111/s1. The van der Waals surface area contributed by atoms with Crippen molar-refractivity contribution in [1.29, 1.82) is 21.0 Å². The number of anilines is 9. The monoisotopic (exact) mass is 1880 g/mol. The fourth-order valence-corrected chi connectivity index (χ4v) is 15.3. The Bertz CT molecular complexity index is 5850. The zero-order valence-electron chi connectivity index (χ0n) is 75.2. The molecule has 5 atom stereocenters. The summed E-state index contributed by atoms with van der Waals surface area (Å²) in [7, 11) is 7.96. The normalized spacial score (nSPS) is 16.7. The number of benzene rings is 5. The Hall–Kier alpha value is -15.0. The van der Waals surface area contributed by atoms with Gasteiger partial charge in [-0.1, -0.05) is 34.8 Å². The molecule has 698 valence electrons. The molecule has 38 nitrogen and oxygen atoms in total. The van der Waals surface area contributed by atoms with Gasteiger partial charge in [-0.3, -0.25) is 19.2 Å². The summed E-state index contributed by atoms with van der Waals surface area (Å²) < 4.78 is 31.1. The van der Waals surface area contributed by atoms with E-state index in [2.05, 4.69) is 92.7 Å². The minimum atomic E-state index is -0.677. The molecule has 5 aromatic carbocycles. The van der Waals surface area contributed by atoms with Gasteiger partial charge in [0.1, 0.15) is 87.7 Å². The first-order valence-electron chi connectivity index (χ1n) is 43.0. The molecular weight excluding hydrogens is 1780 g/mol. The van der Waals surface area contributed by atoms with E-state index in [4.69, 9.17) is 90.5 Å². The van der Waals surface area contributed by atoms with Crippen LogP contribution in [-0.4, -0.2) is 216 Å². The number of carbonyl (C=O) groups is 5. The van der Waals surface area contributed by atoms with E-state index in [0.29, 0.717) is 106 Å². The number of hydrogen-bond acceptors (Lipinski definition) is 33. The molecule has 5 fully saturated rings. The molecule has 134 heavy (non-hydrogen) atoms. The fraction of sp³-hybridized carbons (Fsp3) is 0.366. The number of nitrogens with one attached hydrogen (secondary N) is 6. The summed E-state index contributed by atoms with van der Waals surface area (Å²) in [4.78, 5) is 114. The van der Waals surface area contributed by atoms with E-state index < -0.39 is 17.6 Å². The SMILES string of the molecule is CC(C)(C)OC(=O)N[C@@H]1CCCN(c2cnc(C#N)c(Cl)n2)C1.COc1ccc(C(=O)N[C@@H]2CCCN(c3cnc(C#N)c(Cl)n3)C2)cc1.COc1ccc(Nc2nc(N3CCC[C@@H](NC(=O)c4ccc(OC)cc4)C3)cnc2C#N)cc1.COc1ccc(Nc2nc(N3CCC[C@@H](NC(=O)c4ccc(OC)cc4)C3)cnc2C(N)=O)cc1.N#Cc1ncc(N2CCC[C@@H](N)C2)nc1Cl. The molecular formula is C93H104Cl3N27O11. The number of ether oxygens (including phenoxy) is 6. The molecule has 0 spiro atoms. The van der Waals surface area contributed by atoms with Gasteiger partial charge >= 0.3 is 6.09 Å². The van der Waals surface area contributed by atoms with Crippen LogP contribution in [0.15, 0.2) is 152 Å². The van der Waals surface area contributed by atoms with Crippen LogP contribution < -0.4 is 91.6 Å². The van der Waals surface area contributed by atoms with Gasteiger partial charge in [-0.15, -0.1) is 0 Å². The van der Waals surface area contributed by atoms with E-state index in [0.717, 1.165) is 115 Å². The van der Waals surface area contributed by atoms with Crippen molar-refractivity contribution >= 4 is 117 Å². The Morgan fingerprint density at radius 2 is 0.657 bits per heavy atom. The number of piperidine rings is 5. The van der Waals surface area contributed by atoms with Crippen LogP contribution in [0, 0.1) is 45.3 Å². The Morgan fingerprint density at radius 3 is 0.955 bits per heavy atom. The number of halogens is 3. The second-order valence-electron chi connectivity index (χ2n) is 32.2. The summed E-state index contributed by atoms with van der Waals surface area (Å²) in [6.07, 6.45) is 16.5. The zero-order chi connectivity index (χ0) is 95.8. The lowest BCUT2D eigenvalue weighted by Crippen LogP contribution is -2.49. The lowest BCUT2D eigenvalue weighted by atomic mass is 10.0. The highest BCUT2D eigenvalue weighted by Gasteiger charge is 2.31. The zero-order valence-corrected chi connectivity index (χ0v) is 77.5. The third-order valence-corrected chi connectivity index (χ3v) is 22.4. The maximum atomic E-state index is 12.7. The predicted octanol–water partition coefficient (Wildman–Crippen LogP) is 12.1. The van der Waals surface area contributed by atoms with E-state index >= 15 is 0 Å². The number of alkyl carbamates (subject to hydrolysis) is 1. The van der Waals surface area contributed by atoms with Crippen LogP contribution in [-0.2, 0) is 4.74 Å². The number of methoxy groups -OCH3 is 5. The molecule has 0 aliphatic carbocycles. The highest BCUT2D eigenvalue weighted by Crippen LogP contribution is 2.31. The van der Waals surface area contributed by atoms with Gasteiger partial charge in [0.25, 0.3) is 23.6 Å². The van der Waals surface area contributed by atoms with Gasteiger partial charge in [0.15, 0.2) is 55.6 Å². The molecule has 0 saturated carbocycles. The van der Waals surface area contributed by atoms with Crippen LogP contribution >= 0.6 is 34.8 Å². The Balaban J connectivity index is 0.000000165. The molecule has 15 rings (SSSR count). The fourth-order valence-electron chi connectivity index (χ4n) is 14.8. The highest BCUT2D eigenvalue weighted by molar-refractivity contribution is 6.31. The molecule has 5 aromatic heterocycles. The van der Waals surface area contributed by atoms with E-state index in [9.17, 15) is 29.2 Å². The van der Waals surface area contributed by atoms with Crippen LogP contribution in [0.1, 0.15) is 149 Å². The number of rotatable bonds is 22. The van der Waals surface area contributed by atoms with E-state index in [1.165, 1.54) is 18.6 Å². The van der Waals surface area contributed by atoms with Crippen LogP contribution in [0.5, 0.6) is 28.7 Å². The van der Waals surface area contributed by atoms with Gasteiger partial charge < -0.3 is 96.3 Å². The minimum absolute atomic E-state index is 0.00503. The van der Waals surface area contributed by atoms with Gasteiger partial charge in [0.2, 0.25) is 0 Å². The quantitative estimate of drug-likeness (QED) is 0.0312. The molecule has 10 N–H and O–H groups in total. The summed E-state index contributed by atoms with van der Waals surface area (Å²) in [5.74, 6) is 6.30. The summed E-state index contributed by atoms with van der Waals surface area (Å²) in [5.41, 5.74) is 14.7. The van der Waals surface area contributed by atoms with Gasteiger partial charge in [0.05, 0.1) is 66.5 Å². The van der Waals surface area contributed by atoms with Crippen molar-refractivity contribution in [1.82, 2.24) is 71.1 Å². The maximum absolute atomic E-state index is 12.7. The molecule has 0 radical (unpaired) electrons. The van der Waals surface area contributed by atoms with E-state index in [1.54, 1.807) is 133 Å². The van der Waals surface area contributed by atoms with Gasteiger partial charge in [-0.05, 0) is 206 Å². The first-order valence-corrected chi connectivity index (χ1v) is 44.2.